The van der Waals surface area contributed by atoms with Crippen LogP contribution < -0.4 is 10.6 Å². The highest BCUT2D eigenvalue weighted by atomic mass is 16.5. The van der Waals surface area contributed by atoms with Gasteiger partial charge in [0.2, 0.25) is 0 Å². The Hall–Kier alpha value is -0.120. The topological polar surface area (TPSA) is 33.3 Å². The van der Waals surface area contributed by atoms with Crippen LogP contribution in [0, 0.1) is 5.92 Å². The molecule has 2 N–H and O–H groups in total. The molecule has 1 saturated carbocycles. The molecule has 0 aromatic rings. The lowest BCUT2D eigenvalue weighted by Gasteiger charge is -2.36. The first-order valence-electron chi connectivity index (χ1n) is 6.38. The fourth-order valence-corrected chi connectivity index (χ4v) is 2.61. The molecule has 1 aliphatic heterocycles. The van der Waals surface area contributed by atoms with Crippen molar-refractivity contribution in [2.45, 2.75) is 51.3 Å². The van der Waals surface area contributed by atoms with Crippen molar-refractivity contribution in [1.29, 1.82) is 0 Å². The maximum atomic E-state index is 5.55. The van der Waals surface area contributed by atoms with Crippen LogP contribution in [0.5, 0.6) is 0 Å². The second-order valence-electron chi connectivity index (χ2n) is 4.95. The summed E-state index contributed by atoms with van der Waals surface area (Å²) >= 11 is 0. The van der Waals surface area contributed by atoms with E-state index in [1.54, 1.807) is 0 Å². The van der Waals surface area contributed by atoms with Crippen molar-refractivity contribution in [2.24, 2.45) is 5.92 Å². The van der Waals surface area contributed by atoms with E-state index in [0.29, 0.717) is 18.2 Å². The average Bonchev–Trinajstić information content (AvgIpc) is 2.55. The van der Waals surface area contributed by atoms with Gasteiger partial charge in [-0.25, -0.2) is 0 Å². The summed E-state index contributed by atoms with van der Waals surface area (Å²) in [4.78, 5) is 0. The zero-order valence-corrected chi connectivity index (χ0v) is 9.96. The molecule has 1 heterocycles. The monoisotopic (exact) mass is 212 g/mol. The first kappa shape index (κ1) is 11.4. The van der Waals surface area contributed by atoms with Crippen LogP contribution in [0.15, 0.2) is 0 Å². The molecular formula is C12H24N2O. The number of ether oxygens (including phenoxy) is 1. The quantitative estimate of drug-likeness (QED) is 0.717. The minimum atomic E-state index is 0.534. The highest BCUT2D eigenvalue weighted by Gasteiger charge is 2.30. The zero-order chi connectivity index (χ0) is 10.7. The summed E-state index contributed by atoms with van der Waals surface area (Å²) in [5.74, 6) is 0.830. The molecule has 0 spiro atoms. The Morgan fingerprint density at radius 2 is 2.20 bits per heavy atom. The van der Waals surface area contributed by atoms with Gasteiger partial charge in [-0.1, -0.05) is 0 Å². The molecule has 1 saturated heterocycles. The van der Waals surface area contributed by atoms with Crippen molar-refractivity contribution in [1.82, 2.24) is 10.6 Å². The SMILES string of the molecule is CCOC1CC(NCC2CCNC2C)C1. The lowest BCUT2D eigenvalue weighted by molar-refractivity contribution is -0.0106. The first-order chi connectivity index (χ1) is 7.29. The summed E-state index contributed by atoms with van der Waals surface area (Å²) in [6.07, 6.45) is 4.28. The van der Waals surface area contributed by atoms with E-state index in [-0.39, 0.29) is 0 Å². The Morgan fingerprint density at radius 3 is 2.80 bits per heavy atom. The molecule has 3 nitrogen and oxygen atoms in total. The third kappa shape index (κ3) is 2.92. The Bertz CT molecular complexity index is 192. The summed E-state index contributed by atoms with van der Waals surface area (Å²) in [5, 5.41) is 7.15. The third-order valence-electron chi connectivity index (χ3n) is 3.85. The Labute approximate surface area is 93.0 Å². The lowest BCUT2D eigenvalue weighted by atomic mass is 9.88. The van der Waals surface area contributed by atoms with Crippen LogP contribution in [0.3, 0.4) is 0 Å². The minimum absolute atomic E-state index is 0.534. The van der Waals surface area contributed by atoms with Crippen molar-refractivity contribution in [3.05, 3.63) is 0 Å². The molecule has 3 heteroatoms. The molecule has 2 rings (SSSR count). The lowest BCUT2D eigenvalue weighted by Crippen LogP contribution is -2.47. The van der Waals surface area contributed by atoms with Crippen molar-refractivity contribution >= 4 is 0 Å². The standard InChI is InChI=1S/C12H24N2O/c1-3-15-12-6-11(7-12)14-8-10-4-5-13-9(10)2/h9-14H,3-8H2,1-2H3. The predicted octanol–water partition coefficient (Wildman–Crippen LogP) is 1.14. The molecule has 2 unspecified atom stereocenters. The molecule has 1 aliphatic carbocycles. The maximum absolute atomic E-state index is 5.55. The van der Waals surface area contributed by atoms with Gasteiger partial charge in [-0.05, 0) is 52.1 Å². The van der Waals surface area contributed by atoms with Crippen LogP contribution in [0.1, 0.15) is 33.1 Å². The summed E-state index contributed by atoms with van der Waals surface area (Å²) < 4.78 is 5.55. The first-order valence-corrected chi connectivity index (χ1v) is 6.38. The number of rotatable bonds is 5. The van der Waals surface area contributed by atoms with Crippen LogP contribution >= 0.6 is 0 Å². The van der Waals surface area contributed by atoms with Crippen molar-refractivity contribution < 1.29 is 4.74 Å². The van der Waals surface area contributed by atoms with Crippen LogP contribution in [0.2, 0.25) is 0 Å². The van der Waals surface area contributed by atoms with Crippen molar-refractivity contribution in [2.75, 3.05) is 19.7 Å². The number of nitrogens with one attached hydrogen (secondary N) is 2. The Kier molecular flexibility index (Phi) is 4.00. The van der Waals surface area contributed by atoms with Gasteiger partial charge in [0, 0.05) is 18.7 Å². The molecule has 0 aromatic heterocycles. The maximum Gasteiger partial charge on any atom is 0.0604 e. The molecule has 2 aliphatic rings. The summed E-state index contributed by atoms with van der Waals surface area (Å²) in [7, 11) is 0. The molecule has 88 valence electrons. The smallest absolute Gasteiger partial charge is 0.0604 e. The largest absolute Gasteiger partial charge is 0.378 e. The van der Waals surface area contributed by atoms with E-state index in [1.165, 1.54) is 32.4 Å². The Balaban J connectivity index is 1.56. The zero-order valence-electron chi connectivity index (χ0n) is 9.96. The second kappa shape index (κ2) is 5.28. The van der Waals surface area contributed by atoms with Crippen LogP contribution in [0.4, 0.5) is 0 Å². The van der Waals surface area contributed by atoms with Gasteiger partial charge in [0.25, 0.3) is 0 Å². The average molecular weight is 212 g/mol. The molecule has 0 bridgehead atoms. The van der Waals surface area contributed by atoms with E-state index in [0.717, 1.165) is 12.5 Å². The summed E-state index contributed by atoms with van der Waals surface area (Å²) in [6, 6.07) is 1.41. The molecule has 0 amide bonds. The molecular weight excluding hydrogens is 188 g/mol. The molecule has 0 radical (unpaired) electrons. The van der Waals surface area contributed by atoms with Gasteiger partial charge in [0.05, 0.1) is 6.10 Å². The second-order valence-corrected chi connectivity index (χ2v) is 4.95. The van der Waals surface area contributed by atoms with E-state index >= 15 is 0 Å². The van der Waals surface area contributed by atoms with Gasteiger partial charge in [-0.2, -0.15) is 0 Å². The van der Waals surface area contributed by atoms with Crippen LogP contribution in [-0.2, 0) is 4.74 Å². The summed E-state index contributed by atoms with van der Waals surface area (Å²) in [5.41, 5.74) is 0. The van der Waals surface area contributed by atoms with Crippen LogP contribution in [-0.4, -0.2) is 37.9 Å². The number of hydrogen-bond acceptors (Lipinski definition) is 3. The predicted molar refractivity (Wildman–Crippen MR) is 62.0 cm³/mol. The molecule has 15 heavy (non-hydrogen) atoms. The van der Waals surface area contributed by atoms with Gasteiger partial charge in [0.1, 0.15) is 0 Å². The fourth-order valence-electron chi connectivity index (χ4n) is 2.61. The van der Waals surface area contributed by atoms with Gasteiger partial charge in [0.15, 0.2) is 0 Å². The third-order valence-corrected chi connectivity index (χ3v) is 3.85. The van der Waals surface area contributed by atoms with Gasteiger partial charge < -0.3 is 15.4 Å². The van der Waals surface area contributed by atoms with E-state index in [9.17, 15) is 0 Å². The molecule has 0 aromatic carbocycles. The minimum Gasteiger partial charge on any atom is -0.378 e. The van der Waals surface area contributed by atoms with Gasteiger partial charge in [-0.15, -0.1) is 0 Å². The van der Waals surface area contributed by atoms with Gasteiger partial charge >= 0.3 is 0 Å². The fraction of sp³-hybridized carbons (Fsp3) is 1.00. The van der Waals surface area contributed by atoms with E-state index in [4.69, 9.17) is 4.74 Å². The van der Waals surface area contributed by atoms with Crippen molar-refractivity contribution in [3.63, 3.8) is 0 Å². The Morgan fingerprint density at radius 1 is 1.40 bits per heavy atom. The van der Waals surface area contributed by atoms with E-state index in [1.807, 2.05) is 0 Å². The van der Waals surface area contributed by atoms with Gasteiger partial charge in [-0.3, -0.25) is 0 Å². The highest BCUT2D eigenvalue weighted by molar-refractivity contribution is 4.89. The van der Waals surface area contributed by atoms with Crippen LogP contribution in [0.25, 0.3) is 0 Å². The molecule has 2 fully saturated rings. The number of hydrogen-bond donors (Lipinski definition) is 2. The summed E-state index contributed by atoms with van der Waals surface area (Å²) in [6.45, 7) is 7.61. The van der Waals surface area contributed by atoms with E-state index < -0.39 is 0 Å². The normalized spacial score (nSPS) is 40.4. The molecule has 2 atom stereocenters. The van der Waals surface area contributed by atoms with E-state index in [2.05, 4.69) is 24.5 Å². The van der Waals surface area contributed by atoms with Crippen molar-refractivity contribution in [3.8, 4) is 0 Å². The highest BCUT2D eigenvalue weighted by Crippen LogP contribution is 2.24.